The highest BCUT2D eigenvalue weighted by Gasteiger charge is 2.16. The Kier molecular flexibility index (Phi) is 5.07. The van der Waals surface area contributed by atoms with Crippen LogP contribution in [0.15, 0.2) is 0 Å². The van der Waals surface area contributed by atoms with Crippen LogP contribution in [0, 0.1) is 0 Å². The lowest BCUT2D eigenvalue weighted by Gasteiger charge is -2.30. The Labute approximate surface area is 100.0 Å². The standard InChI is InChI=1S/C13H27N3/c14-13-6-2-5-9-16(12-13)11-10-15-7-3-1-4-8-15/h13H,1-12,14H2. The molecule has 0 radical (unpaired) electrons. The number of piperidine rings is 1. The van der Waals surface area contributed by atoms with Gasteiger partial charge in [-0.2, -0.15) is 0 Å². The summed E-state index contributed by atoms with van der Waals surface area (Å²) in [5.41, 5.74) is 6.08. The Morgan fingerprint density at radius 1 is 0.812 bits per heavy atom. The van der Waals surface area contributed by atoms with Crippen molar-refractivity contribution in [1.29, 1.82) is 0 Å². The van der Waals surface area contributed by atoms with Crippen LogP contribution in [0.5, 0.6) is 0 Å². The van der Waals surface area contributed by atoms with Crippen LogP contribution in [-0.4, -0.2) is 55.1 Å². The average Bonchev–Trinajstić information content (AvgIpc) is 2.52. The fourth-order valence-corrected chi connectivity index (χ4v) is 2.93. The Morgan fingerprint density at radius 2 is 1.44 bits per heavy atom. The Hall–Kier alpha value is -0.120. The number of likely N-dealkylation sites (tertiary alicyclic amines) is 2. The lowest BCUT2D eigenvalue weighted by atomic mass is 10.1. The molecule has 0 spiro atoms. The van der Waals surface area contributed by atoms with Crippen molar-refractivity contribution in [3.05, 3.63) is 0 Å². The van der Waals surface area contributed by atoms with Crippen LogP contribution < -0.4 is 5.73 Å². The Bertz CT molecular complexity index is 190. The monoisotopic (exact) mass is 225 g/mol. The molecule has 0 aromatic heterocycles. The van der Waals surface area contributed by atoms with E-state index in [0.717, 1.165) is 6.54 Å². The summed E-state index contributed by atoms with van der Waals surface area (Å²) in [5.74, 6) is 0. The normalized spacial score (nSPS) is 30.2. The van der Waals surface area contributed by atoms with Crippen LogP contribution in [0.25, 0.3) is 0 Å². The molecule has 2 fully saturated rings. The summed E-state index contributed by atoms with van der Waals surface area (Å²) in [6.45, 7) is 7.51. The van der Waals surface area contributed by atoms with Crippen LogP contribution >= 0.6 is 0 Å². The Balaban J connectivity index is 1.67. The van der Waals surface area contributed by atoms with E-state index in [4.69, 9.17) is 5.73 Å². The molecule has 2 rings (SSSR count). The molecule has 3 nitrogen and oxygen atoms in total. The number of hydrogen-bond acceptors (Lipinski definition) is 3. The number of hydrogen-bond donors (Lipinski definition) is 1. The zero-order valence-corrected chi connectivity index (χ0v) is 10.5. The molecule has 2 saturated heterocycles. The van der Waals surface area contributed by atoms with Gasteiger partial charge in [-0.25, -0.2) is 0 Å². The van der Waals surface area contributed by atoms with Gasteiger partial charge in [0.05, 0.1) is 0 Å². The van der Waals surface area contributed by atoms with E-state index < -0.39 is 0 Å². The molecular formula is C13H27N3. The molecule has 3 heteroatoms. The third-order valence-corrected chi connectivity index (χ3v) is 3.97. The zero-order chi connectivity index (χ0) is 11.2. The van der Waals surface area contributed by atoms with Crippen LogP contribution in [0.3, 0.4) is 0 Å². The van der Waals surface area contributed by atoms with Crippen molar-refractivity contribution >= 4 is 0 Å². The van der Waals surface area contributed by atoms with E-state index in [2.05, 4.69) is 9.80 Å². The first kappa shape index (κ1) is 12.3. The summed E-state index contributed by atoms with van der Waals surface area (Å²) in [7, 11) is 0. The highest BCUT2D eigenvalue weighted by Crippen LogP contribution is 2.11. The van der Waals surface area contributed by atoms with Crippen molar-refractivity contribution in [2.24, 2.45) is 5.73 Å². The van der Waals surface area contributed by atoms with Gasteiger partial charge in [-0.05, 0) is 45.3 Å². The zero-order valence-electron chi connectivity index (χ0n) is 10.5. The molecule has 1 unspecified atom stereocenters. The maximum absolute atomic E-state index is 6.08. The van der Waals surface area contributed by atoms with Gasteiger partial charge in [0.15, 0.2) is 0 Å². The second-order valence-electron chi connectivity index (χ2n) is 5.46. The number of nitrogens with two attached hydrogens (primary N) is 1. The fourth-order valence-electron chi connectivity index (χ4n) is 2.93. The number of nitrogens with zero attached hydrogens (tertiary/aromatic N) is 2. The Morgan fingerprint density at radius 3 is 2.25 bits per heavy atom. The molecule has 2 aliphatic heterocycles. The van der Waals surface area contributed by atoms with Gasteiger partial charge < -0.3 is 15.5 Å². The summed E-state index contributed by atoms with van der Waals surface area (Å²) in [6.07, 6.45) is 8.12. The maximum atomic E-state index is 6.08. The van der Waals surface area contributed by atoms with Gasteiger partial charge in [0, 0.05) is 25.7 Å². The summed E-state index contributed by atoms with van der Waals surface area (Å²) < 4.78 is 0. The van der Waals surface area contributed by atoms with E-state index in [0.29, 0.717) is 6.04 Å². The van der Waals surface area contributed by atoms with Crippen molar-refractivity contribution in [3.8, 4) is 0 Å². The van der Waals surface area contributed by atoms with Gasteiger partial charge in [0.25, 0.3) is 0 Å². The van der Waals surface area contributed by atoms with E-state index in [1.807, 2.05) is 0 Å². The summed E-state index contributed by atoms with van der Waals surface area (Å²) in [4.78, 5) is 5.20. The van der Waals surface area contributed by atoms with Gasteiger partial charge in [-0.15, -0.1) is 0 Å². The van der Waals surface area contributed by atoms with E-state index in [9.17, 15) is 0 Å². The van der Waals surface area contributed by atoms with Crippen molar-refractivity contribution in [3.63, 3.8) is 0 Å². The molecule has 0 amide bonds. The molecule has 16 heavy (non-hydrogen) atoms. The van der Waals surface area contributed by atoms with Gasteiger partial charge in [0.2, 0.25) is 0 Å². The number of rotatable bonds is 3. The highest BCUT2D eigenvalue weighted by atomic mass is 15.2. The van der Waals surface area contributed by atoms with Crippen LogP contribution in [0.4, 0.5) is 0 Å². The fraction of sp³-hybridized carbons (Fsp3) is 1.00. The van der Waals surface area contributed by atoms with Crippen molar-refractivity contribution in [2.45, 2.75) is 44.6 Å². The topological polar surface area (TPSA) is 32.5 Å². The van der Waals surface area contributed by atoms with E-state index >= 15 is 0 Å². The largest absolute Gasteiger partial charge is 0.327 e. The molecule has 0 aromatic carbocycles. The molecule has 2 N–H and O–H groups in total. The molecule has 0 aromatic rings. The maximum Gasteiger partial charge on any atom is 0.0167 e. The molecule has 0 bridgehead atoms. The predicted molar refractivity (Wildman–Crippen MR) is 68.6 cm³/mol. The average molecular weight is 225 g/mol. The predicted octanol–water partition coefficient (Wildman–Crippen LogP) is 1.29. The lowest BCUT2D eigenvalue weighted by molar-refractivity contribution is 0.181. The molecule has 1 atom stereocenters. The lowest BCUT2D eigenvalue weighted by Crippen LogP contribution is -2.41. The third-order valence-electron chi connectivity index (χ3n) is 3.97. The SMILES string of the molecule is NC1CCCCN(CCN2CCCCC2)C1. The summed E-state index contributed by atoms with van der Waals surface area (Å²) in [6, 6.07) is 0.420. The second kappa shape index (κ2) is 6.58. The third kappa shape index (κ3) is 4.04. The van der Waals surface area contributed by atoms with E-state index in [-0.39, 0.29) is 0 Å². The molecule has 2 aliphatic rings. The minimum absolute atomic E-state index is 0.420. The van der Waals surface area contributed by atoms with Crippen molar-refractivity contribution in [2.75, 3.05) is 39.3 Å². The highest BCUT2D eigenvalue weighted by molar-refractivity contribution is 4.74. The quantitative estimate of drug-likeness (QED) is 0.785. The van der Waals surface area contributed by atoms with Gasteiger partial charge in [0.1, 0.15) is 0 Å². The minimum Gasteiger partial charge on any atom is -0.327 e. The van der Waals surface area contributed by atoms with E-state index in [1.54, 1.807) is 0 Å². The van der Waals surface area contributed by atoms with Gasteiger partial charge in [-0.3, -0.25) is 0 Å². The van der Waals surface area contributed by atoms with Gasteiger partial charge in [-0.1, -0.05) is 12.8 Å². The first-order chi connectivity index (χ1) is 7.84. The summed E-state index contributed by atoms with van der Waals surface area (Å²) in [5, 5.41) is 0. The molecule has 2 heterocycles. The minimum atomic E-state index is 0.420. The van der Waals surface area contributed by atoms with Crippen molar-refractivity contribution < 1.29 is 0 Å². The summed E-state index contributed by atoms with van der Waals surface area (Å²) >= 11 is 0. The van der Waals surface area contributed by atoms with Crippen LogP contribution in [0.2, 0.25) is 0 Å². The van der Waals surface area contributed by atoms with Crippen molar-refractivity contribution in [1.82, 2.24) is 9.80 Å². The van der Waals surface area contributed by atoms with Crippen LogP contribution in [-0.2, 0) is 0 Å². The second-order valence-corrected chi connectivity index (χ2v) is 5.46. The molecule has 0 aliphatic carbocycles. The molecular weight excluding hydrogens is 198 g/mol. The first-order valence-electron chi connectivity index (χ1n) is 7.05. The molecule has 0 saturated carbocycles. The smallest absolute Gasteiger partial charge is 0.0167 e. The van der Waals surface area contributed by atoms with Crippen LogP contribution in [0.1, 0.15) is 38.5 Å². The van der Waals surface area contributed by atoms with E-state index in [1.165, 1.54) is 71.2 Å². The molecule has 94 valence electrons. The first-order valence-corrected chi connectivity index (χ1v) is 7.05. The van der Waals surface area contributed by atoms with Gasteiger partial charge >= 0.3 is 0 Å².